The Balaban J connectivity index is 1.84. The Kier molecular flexibility index (Phi) is 5.13. The molecule has 2 heterocycles. The molecule has 1 N–H and O–H groups in total. The van der Waals surface area contributed by atoms with E-state index < -0.39 is 0 Å². The van der Waals surface area contributed by atoms with E-state index in [1.165, 1.54) is 17.4 Å². The molecule has 1 aliphatic rings. The van der Waals surface area contributed by atoms with Crippen molar-refractivity contribution in [2.75, 3.05) is 30.9 Å². The lowest BCUT2D eigenvalue weighted by Crippen LogP contribution is -2.31. The molecule has 0 bridgehead atoms. The maximum atomic E-state index is 12.1. The number of pyridine rings is 1. The van der Waals surface area contributed by atoms with E-state index in [4.69, 9.17) is 11.6 Å². The molecule has 1 aliphatic heterocycles. The molecule has 2 aromatic rings. The average molecular weight is 373 g/mol. The van der Waals surface area contributed by atoms with E-state index in [1.807, 2.05) is 18.2 Å². The number of rotatable bonds is 3. The number of halogens is 1. The van der Waals surface area contributed by atoms with Gasteiger partial charge in [-0.25, -0.2) is 4.98 Å². The molecule has 0 fully saturated rings. The minimum Gasteiger partial charge on any atom is -0.351 e. The second kappa shape index (κ2) is 7.33. The fourth-order valence-electron chi connectivity index (χ4n) is 3.06. The number of carbonyl (C=O) groups is 2. The van der Waals surface area contributed by atoms with Crippen molar-refractivity contribution in [1.82, 2.24) is 9.88 Å². The fraction of sp³-hybridized carbons (Fsp3) is 0.316. The standard InChI is InChI=1S/C19H21ClN4O2/c1-12(25)22-16-5-4-13-6-7-24(11-15(13)8-16)18-17(20)9-14(10-21-18)19(26)23(2)3/h4-5,8-10H,6-7,11H2,1-3H3,(H,22,25). The maximum absolute atomic E-state index is 12.1. The number of anilines is 2. The van der Waals surface area contributed by atoms with Crippen molar-refractivity contribution in [3.8, 4) is 0 Å². The largest absolute Gasteiger partial charge is 0.351 e. The number of benzene rings is 1. The number of nitrogens with one attached hydrogen (secondary N) is 1. The minimum atomic E-state index is -0.130. The van der Waals surface area contributed by atoms with Crippen molar-refractivity contribution in [2.45, 2.75) is 19.9 Å². The Bertz CT molecular complexity index is 867. The van der Waals surface area contributed by atoms with Gasteiger partial charge in [0.1, 0.15) is 5.82 Å². The van der Waals surface area contributed by atoms with Crippen LogP contribution in [-0.4, -0.2) is 42.3 Å². The van der Waals surface area contributed by atoms with Gasteiger partial charge in [-0.05, 0) is 35.7 Å². The first-order chi connectivity index (χ1) is 12.3. The van der Waals surface area contributed by atoms with Gasteiger partial charge in [-0.3, -0.25) is 9.59 Å². The Morgan fingerprint density at radius 1 is 1.23 bits per heavy atom. The zero-order chi connectivity index (χ0) is 18.8. The molecule has 1 aromatic carbocycles. The Hall–Kier alpha value is -2.60. The summed E-state index contributed by atoms with van der Waals surface area (Å²) in [6.45, 7) is 2.93. The first-order valence-electron chi connectivity index (χ1n) is 8.36. The molecule has 0 aliphatic carbocycles. The normalized spacial score (nSPS) is 13.2. The molecule has 0 spiro atoms. The molecule has 136 valence electrons. The lowest BCUT2D eigenvalue weighted by molar-refractivity contribution is -0.114. The van der Waals surface area contributed by atoms with Gasteiger partial charge in [-0.15, -0.1) is 0 Å². The summed E-state index contributed by atoms with van der Waals surface area (Å²) in [5.74, 6) is 0.441. The zero-order valence-electron chi connectivity index (χ0n) is 15.0. The highest BCUT2D eigenvalue weighted by molar-refractivity contribution is 6.33. The third-order valence-corrected chi connectivity index (χ3v) is 4.59. The smallest absolute Gasteiger partial charge is 0.254 e. The highest BCUT2D eigenvalue weighted by atomic mass is 35.5. The van der Waals surface area contributed by atoms with E-state index in [0.717, 1.165) is 24.2 Å². The van der Waals surface area contributed by atoms with Gasteiger partial charge in [0.2, 0.25) is 5.91 Å². The summed E-state index contributed by atoms with van der Waals surface area (Å²) in [4.78, 5) is 31.3. The summed E-state index contributed by atoms with van der Waals surface area (Å²) in [7, 11) is 3.39. The summed E-state index contributed by atoms with van der Waals surface area (Å²) in [5, 5.41) is 3.27. The SMILES string of the molecule is CC(=O)Nc1ccc2c(c1)CN(c1ncc(C(=O)N(C)C)cc1Cl)CC2. The van der Waals surface area contributed by atoms with E-state index in [-0.39, 0.29) is 11.8 Å². The molecule has 0 unspecified atom stereocenters. The monoisotopic (exact) mass is 372 g/mol. The lowest BCUT2D eigenvalue weighted by atomic mass is 9.99. The molecule has 26 heavy (non-hydrogen) atoms. The predicted octanol–water partition coefficient (Wildman–Crippen LogP) is 2.96. The molecule has 0 saturated carbocycles. The summed E-state index contributed by atoms with van der Waals surface area (Å²) < 4.78 is 0. The number of fused-ring (bicyclic) bond motifs is 1. The van der Waals surface area contributed by atoms with Crippen LogP contribution in [0.25, 0.3) is 0 Å². The molecule has 7 heteroatoms. The van der Waals surface area contributed by atoms with E-state index in [1.54, 1.807) is 26.4 Å². The molecule has 1 aromatic heterocycles. The Morgan fingerprint density at radius 2 is 2.00 bits per heavy atom. The molecule has 6 nitrogen and oxygen atoms in total. The highest BCUT2D eigenvalue weighted by Crippen LogP contribution is 2.30. The van der Waals surface area contributed by atoms with Crippen LogP contribution in [-0.2, 0) is 17.8 Å². The van der Waals surface area contributed by atoms with Crippen LogP contribution in [0.2, 0.25) is 5.02 Å². The van der Waals surface area contributed by atoms with Gasteiger partial charge in [-0.1, -0.05) is 17.7 Å². The van der Waals surface area contributed by atoms with Crippen molar-refractivity contribution < 1.29 is 9.59 Å². The van der Waals surface area contributed by atoms with Crippen LogP contribution in [0.4, 0.5) is 11.5 Å². The lowest BCUT2D eigenvalue weighted by Gasteiger charge is -2.30. The summed E-state index contributed by atoms with van der Waals surface area (Å²) >= 11 is 6.41. The van der Waals surface area contributed by atoms with Gasteiger partial charge in [0.25, 0.3) is 5.91 Å². The van der Waals surface area contributed by atoms with Crippen LogP contribution in [0.3, 0.4) is 0 Å². The summed E-state index contributed by atoms with van der Waals surface area (Å²) in [5.41, 5.74) is 3.64. The number of amides is 2. The van der Waals surface area contributed by atoms with Crippen molar-refractivity contribution in [1.29, 1.82) is 0 Å². The third-order valence-electron chi connectivity index (χ3n) is 4.31. The molecule has 0 radical (unpaired) electrons. The second-order valence-electron chi connectivity index (χ2n) is 6.57. The van der Waals surface area contributed by atoms with Gasteiger partial charge in [0, 0.05) is 46.0 Å². The van der Waals surface area contributed by atoms with Gasteiger partial charge in [-0.2, -0.15) is 0 Å². The summed E-state index contributed by atoms with van der Waals surface area (Å²) in [6, 6.07) is 7.62. The van der Waals surface area contributed by atoms with Gasteiger partial charge >= 0.3 is 0 Å². The number of hydrogen-bond acceptors (Lipinski definition) is 4. The second-order valence-corrected chi connectivity index (χ2v) is 6.97. The van der Waals surface area contributed by atoms with Gasteiger partial charge < -0.3 is 15.1 Å². The Labute approximate surface area is 157 Å². The number of carbonyl (C=O) groups excluding carboxylic acids is 2. The minimum absolute atomic E-state index is 0.0940. The van der Waals surface area contributed by atoms with Crippen LogP contribution in [0, 0.1) is 0 Å². The Morgan fingerprint density at radius 3 is 2.65 bits per heavy atom. The average Bonchev–Trinajstić information content (AvgIpc) is 2.59. The van der Waals surface area contributed by atoms with Gasteiger partial charge in [0.05, 0.1) is 10.6 Å². The topological polar surface area (TPSA) is 65.5 Å². The van der Waals surface area contributed by atoms with Crippen LogP contribution < -0.4 is 10.2 Å². The van der Waals surface area contributed by atoms with Gasteiger partial charge in [0.15, 0.2) is 0 Å². The van der Waals surface area contributed by atoms with Crippen LogP contribution in [0.15, 0.2) is 30.5 Å². The first-order valence-corrected chi connectivity index (χ1v) is 8.74. The van der Waals surface area contributed by atoms with E-state index in [2.05, 4.69) is 15.2 Å². The predicted molar refractivity (Wildman–Crippen MR) is 103 cm³/mol. The third kappa shape index (κ3) is 3.80. The fourth-order valence-corrected chi connectivity index (χ4v) is 3.34. The molecule has 0 saturated heterocycles. The molecule has 3 rings (SSSR count). The van der Waals surface area contributed by atoms with E-state index >= 15 is 0 Å². The molecular weight excluding hydrogens is 352 g/mol. The van der Waals surface area contributed by atoms with E-state index in [0.29, 0.717) is 22.9 Å². The maximum Gasteiger partial charge on any atom is 0.254 e. The molecule has 2 amide bonds. The zero-order valence-corrected chi connectivity index (χ0v) is 15.8. The van der Waals surface area contributed by atoms with Crippen molar-refractivity contribution in [3.63, 3.8) is 0 Å². The van der Waals surface area contributed by atoms with Crippen LogP contribution >= 0.6 is 11.6 Å². The van der Waals surface area contributed by atoms with Crippen molar-refractivity contribution in [3.05, 3.63) is 52.2 Å². The quantitative estimate of drug-likeness (QED) is 0.899. The summed E-state index contributed by atoms with van der Waals surface area (Å²) in [6.07, 6.45) is 2.43. The first kappa shape index (κ1) is 18.2. The van der Waals surface area contributed by atoms with Crippen LogP contribution in [0.1, 0.15) is 28.4 Å². The highest BCUT2D eigenvalue weighted by Gasteiger charge is 2.21. The van der Waals surface area contributed by atoms with E-state index in [9.17, 15) is 9.59 Å². The number of aromatic nitrogens is 1. The van der Waals surface area contributed by atoms with Crippen molar-refractivity contribution >= 4 is 34.9 Å². The van der Waals surface area contributed by atoms with Crippen LogP contribution in [0.5, 0.6) is 0 Å². The number of hydrogen-bond donors (Lipinski definition) is 1. The molecule has 0 atom stereocenters. The number of nitrogens with zero attached hydrogens (tertiary/aromatic N) is 3. The van der Waals surface area contributed by atoms with Crippen molar-refractivity contribution in [2.24, 2.45) is 0 Å². The molecular formula is C19H21ClN4O2.